The van der Waals surface area contributed by atoms with Crippen LogP contribution in [-0.2, 0) is 4.74 Å². The van der Waals surface area contributed by atoms with Gasteiger partial charge in [-0.05, 0) is 12.3 Å². The molecule has 0 radical (unpaired) electrons. The normalized spacial score (nSPS) is 23.6. The largest absolute Gasteiger partial charge is 0.381 e. The Morgan fingerprint density at radius 2 is 2.27 bits per heavy atom. The van der Waals surface area contributed by atoms with Crippen molar-refractivity contribution in [3.8, 4) is 0 Å². The van der Waals surface area contributed by atoms with Gasteiger partial charge in [0.1, 0.15) is 0 Å². The van der Waals surface area contributed by atoms with Gasteiger partial charge in [0, 0.05) is 12.5 Å². The molecule has 15 heavy (non-hydrogen) atoms. The second-order valence-electron chi connectivity index (χ2n) is 4.32. The van der Waals surface area contributed by atoms with E-state index in [1.54, 1.807) is 0 Å². The molecule has 5 nitrogen and oxygen atoms in total. The van der Waals surface area contributed by atoms with E-state index in [1.165, 1.54) is 0 Å². The number of rotatable bonds is 3. The molecule has 2 heterocycles. The van der Waals surface area contributed by atoms with E-state index in [0.717, 1.165) is 18.9 Å². The van der Waals surface area contributed by atoms with Crippen LogP contribution in [0.5, 0.6) is 0 Å². The molecule has 2 rings (SSSR count). The average molecular weight is 211 g/mol. The highest BCUT2D eigenvalue weighted by Gasteiger charge is 2.25. The van der Waals surface area contributed by atoms with Crippen LogP contribution in [0.1, 0.15) is 43.9 Å². The van der Waals surface area contributed by atoms with Gasteiger partial charge < -0.3 is 15.0 Å². The molecule has 0 aliphatic carbocycles. The Kier molecular flexibility index (Phi) is 3.02. The second kappa shape index (κ2) is 4.28. The molecule has 1 fully saturated rings. The van der Waals surface area contributed by atoms with Gasteiger partial charge in [-0.25, -0.2) is 0 Å². The van der Waals surface area contributed by atoms with Crippen LogP contribution in [0.4, 0.5) is 0 Å². The molecule has 84 valence electrons. The molecule has 2 N–H and O–H groups in total. The lowest BCUT2D eigenvalue weighted by Crippen LogP contribution is -2.17. The number of nitrogens with two attached hydrogens (primary N) is 1. The number of nitrogens with zero attached hydrogens (tertiary/aromatic N) is 2. The summed E-state index contributed by atoms with van der Waals surface area (Å²) in [7, 11) is 0. The molecule has 1 saturated heterocycles. The zero-order chi connectivity index (χ0) is 10.8. The van der Waals surface area contributed by atoms with E-state index in [9.17, 15) is 0 Å². The first-order chi connectivity index (χ1) is 7.18. The summed E-state index contributed by atoms with van der Waals surface area (Å²) in [6.07, 6.45) is 0.968. The molecule has 1 unspecified atom stereocenters. The third-order valence-corrected chi connectivity index (χ3v) is 2.76. The minimum Gasteiger partial charge on any atom is -0.381 e. The van der Waals surface area contributed by atoms with Gasteiger partial charge in [-0.15, -0.1) is 0 Å². The Morgan fingerprint density at radius 3 is 2.87 bits per heavy atom. The smallest absolute Gasteiger partial charge is 0.243 e. The summed E-state index contributed by atoms with van der Waals surface area (Å²) in [5.74, 6) is 1.85. The van der Waals surface area contributed by atoms with Gasteiger partial charge >= 0.3 is 0 Å². The zero-order valence-electron chi connectivity index (χ0n) is 9.14. The summed E-state index contributed by atoms with van der Waals surface area (Å²) in [6, 6.07) is -0.173. The maximum Gasteiger partial charge on any atom is 0.243 e. The molecular weight excluding hydrogens is 194 g/mol. The maximum atomic E-state index is 5.92. The highest BCUT2D eigenvalue weighted by molar-refractivity contribution is 5.00. The van der Waals surface area contributed by atoms with Gasteiger partial charge in [-0.1, -0.05) is 19.0 Å². The monoisotopic (exact) mass is 211 g/mol. The van der Waals surface area contributed by atoms with Crippen molar-refractivity contribution in [3.05, 3.63) is 11.7 Å². The molecule has 0 saturated carbocycles. The van der Waals surface area contributed by atoms with Gasteiger partial charge in [-0.3, -0.25) is 0 Å². The predicted octanol–water partition coefficient (Wildman–Crippen LogP) is 1.23. The number of hydrogen-bond acceptors (Lipinski definition) is 5. The molecule has 1 aliphatic rings. The first kappa shape index (κ1) is 10.6. The molecular formula is C10H17N3O2. The van der Waals surface area contributed by atoms with Crippen molar-refractivity contribution in [1.29, 1.82) is 0 Å². The quantitative estimate of drug-likeness (QED) is 0.813. The molecule has 2 atom stereocenters. The van der Waals surface area contributed by atoms with Crippen molar-refractivity contribution in [2.24, 2.45) is 11.7 Å². The fourth-order valence-corrected chi connectivity index (χ4v) is 1.57. The molecule has 5 heteroatoms. The van der Waals surface area contributed by atoms with E-state index < -0.39 is 0 Å². The van der Waals surface area contributed by atoms with Gasteiger partial charge in [0.2, 0.25) is 5.89 Å². The third-order valence-electron chi connectivity index (χ3n) is 2.76. The van der Waals surface area contributed by atoms with Crippen LogP contribution in [0.15, 0.2) is 4.52 Å². The van der Waals surface area contributed by atoms with Gasteiger partial charge in [0.15, 0.2) is 5.82 Å². The van der Waals surface area contributed by atoms with E-state index >= 15 is 0 Å². The molecule has 0 bridgehead atoms. The molecule has 1 aliphatic heterocycles. The SMILES string of the molecule is CC(C)[C@H](N)c1nc(C2CCOC2)no1. The maximum absolute atomic E-state index is 5.92. The molecule has 0 aromatic carbocycles. The van der Waals surface area contributed by atoms with Crippen LogP contribution in [0.2, 0.25) is 0 Å². The van der Waals surface area contributed by atoms with Crippen molar-refractivity contribution >= 4 is 0 Å². The molecule has 1 aromatic rings. The lowest BCUT2D eigenvalue weighted by molar-refractivity contribution is 0.192. The van der Waals surface area contributed by atoms with Crippen LogP contribution in [0.3, 0.4) is 0 Å². The van der Waals surface area contributed by atoms with Gasteiger partial charge in [0.25, 0.3) is 0 Å². The Bertz CT molecular complexity index is 302. The van der Waals surface area contributed by atoms with Crippen LogP contribution < -0.4 is 5.73 Å². The third kappa shape index (κ3) is 2.18. The van der Waals surface area contributed by atoms with Crippen molar-refractivity contribution in [2.75, 3.05) is 13.2 Å². The Morgan fingerprint density at radius 1 is 1.47 bits per heavy atom. The van der Waals surface area contributed by atoms with E-state index in [1.807, 2.05) is 13.8 Å². The minimum absolute atomic E-state index is 0.173. The lowest BCUT2D eigenvalue weighted by atomic mass is 10.1. The van der Waals surface area contributed by atoms with E-state index in [4.69, 9.17) is 15.0 Å². The average Bonchev–Trinajstić information content (AvgIpc) is 2.86. The first-order valence-corrected chi connectivity index (χ1v) is 5.35. The van der Waals surface area contributed by atoms with Crippen LogP contribution in [-0.4, -0.2) is 23.4 Å². The minimum atomic E-state index is -0.173. The lowest BCUT2D eigenvalue weighted by Gasteiger charge is -2.09. The number of aromatic nitrogens is 2. The van der Waals surface area contributed by atoms with Gasteiger partial charge in [-0.2, -0.15) is 4.98 Å². The number of ether oxygens (including phenoxy) is 1. The second-order valence-corrected chi connectivity index (χ2v) is 4.32. The van der Waals surface area contributed by atoms with Gasteiger partial charge in [0.05, 0.1) is 12.6 Å². The van der Waals surface area contributed by atoms with Crippen LogP contribution in [0.25, 0.3) is 0 Å². The Balaban J connectivity index is 2.09. The predicted molar refractivity (Wildman–Crippen MR) is 54.2 cm³/mol. The van der Waals surface area contributed by atoms with Crippen LogP contribution >= 0.6 is 0 Å². The zero-order valence-corrected chi connectivity index (χ0v) is 9.14. The summed E-state index contributed by atoms with van der Waals surface area (Å²) >= 11 is 0. The fraction of sp³-hybridized carbons (Fsp3) is 0.800. The molecule has 0 spiro atoms. The highest BCUT2D eigenvalue weighted by Crippen LogP contribution is 2.24. The fourth-order valence-electron chi connectivity index (χ4n) is 1.57. The highest BCUT2D eigenvalue weighted by atomic mass is 16.5. The first-order valence-electron chi connectivity index (χ1n) is 5.35. The Labute approximate surface area is 89.0 Å². The number of hydrogen-bond donors (Lipinski definition) is 1. The van der Waals surface area contributed by atoms with Crippen molar-refractivity contribution < 1.29 is 9.26 Å². The van der Waals surface area contributed by atoms with Crippen molar-refractivity contribution in [3.63, 3.8) is 0 Å². The summed E-state index contributed by atoms with van der Waals surface area (Å²) in [5.41, 5.74) is 5.92. The molecule has 0 amide bonds. The van der Waals surface area contributed by atoms with Crippen molar-refractivity contribution in [2.45, 2.75) is 32.2 Å². The van der Waals surface area contributed by atoms with E-state index in [0.29, 0.717) is 18.4 Å². The molecule has 1 aromatic heterocycles. The summed E-state index contributed by atoms with van der Waals surface area (Å²) in [5, 5.41) is 3.96. The standard InChI is InChI=1S/C10H17N3O2/c1-6(2)8(11)10-12-9(13-15-10)7-3-4-14-5-7/h6-8H,3-5,11H2,1-2H3/t7?,8-/m0/s1. The van der Waals surface area contributed by atoms with E-state index in [2.05, 4.69) is 10.1 Å². The van der Waals surface area contributed by atoms with Crippen LogP contribution in [0, 0.1) is 5.92 Å². The summed E-state index contributed by atoms with van der Waals surface area (Å²) in [4.78, 5) is 4.33. The topological polar surface area (TPSA) is 74.2 Å². The van der Waals surface area contributed by atoms with E-state index in [-0.39, 0.29) is 12.0 Å². The van der Waals surface area contributed by atoms with Crippen molar-refractivity contribution in [1.82, 2.24) is 10.1 Å². The summed E-state index contributed by atoms with van der Waals surface area (Å²) < 4.78 is 10.4. The summed E-state index contributed by atoms with van der Waals surface area (Å²) in [6.45, 7) is 5.54. The Hall–Kier alpha value is -0.940.